The van der Waals surface area contributed by atoms with Crippen LogP contribution in [0.1, 0.15) is 11.1 Å². The molecule has 0 amide bonds. The van der Waals surface area contributed by atoms with Crippen molar-refractivity contribution >= 4 is 23.2 Å². The van der Waals surface area contributed by atoms with Gasteiger partial charge in [-0.3, -0.25) is 0 Å². The summed E-state index contributed by atoms with van der Waals surface area (Å²) in [5.41, 5.74) is 1.92. The Hall–Kier alpha value is -1.32. The molecule has 0 aliphatic rings. The summed E-state index contributed by atoms with van der Waals surface area (Å²) in [4.78, 5) is 7.75. The topological polar surface area (TPSA) is 35.0 Å². The maximum Gasteiger partial charge on any atom is 0.223 e. The zero-order valence-electron chi connectivity index (χ0n) is 9.37. The number of aryl methyl sites for hydroxylation is 2. The average molecular weight is 269 g/mol. The molecule has 1 aromatic carbocycles. The third-order valence-electron chi connectivity index (χ3n) is 2.24. The second-order valence-corrected chi connectivity index (χ2v) is 4.42. The molecule has 1 aromatic heterocycles. The first kappa shape index (κ1) is 12.1. The molecule has 2 rings (SSSR count). The van der Waals surface area contributed by atoms with Crippen LogP contribution in [0.25, 0.3) is 0 Å². The van der Waals surface area contributed by atoms with E-state index in [1.54, 1.807) is 6.07 Å². The fourth-order valence-corrected chi connectivity index (χ4v) is 1.71. The van der Waals surface area contributed by atoms with Gasteiger partial charge in [-0.2, -0.15) is 0 Å². The van der Waals surface area contributed by atoms with E-state index >= 15 is 0 Å². The summed E-state index contributed by atoms with van der Waals surface area (Å²) in [5.74, 6) is 1.09. The quantitative estimate of drug-likeness (QED) is 0.766. The highest BCUT2D eigenvalue weighted by molar-refractivity contribution is 6.32. The van der Waals surface area contributed by atoms with Crippen molar-refractivity contribution in [2.45, 2.75) is 13.8 Å². The van der Waals surface area contributed by atoms with Crippen molar-refractivity contribution in [2.24, 2.45) is 0 Å². The van der Waals surface area contributed by atoms with Crippen LogP contribution in [0.15, 0.2) is 24.5 Å². The number of benzene rings is 1. The molecule has 3 nitrogen and oxygen atoms in total. The highest BCUT2D eigenvalue weighted by atomic mass is 35.5. The normalized spacial score (nSPS) is 10.4. The summed E-state index contributed by atoms with van der Waals surface area (Å²) in [6.45, 7) is 3.85. The van der Waals surface area contributed by atoms with E-state index in [0.717, 1.165) is 16.1 Å². The van der Waals surface area contributed by atoms with Gasteiger partial charge in [-0.25, -0.2) is 9.97 Å². The fraction of sp³-hybridized carbons (Fsp3) is 0.167. The van der Waals surface area contributed by atoms with Gasteiger partial charge in [0.25, 0.3) is 0 Å². The maximum atomic E-state index is 6.08. The largest absolute Gasteiger partial charge is 0.439 e. The van der Waals surface area contributed by atoms with E-state index in [9.17, 15) is 0 Å². The SMILES string of the molecule is Cc1cc(Oc2cc(Cl)ncn2)cc(C)c1Cl. The first-order chi connectivity index (χ1) is 8.06. The van der Waals surface area contributed by atoms with E-state index in [1.807, 2.05) is 26.0 Å². The predicted molar refractivity (Wildman–Crippen MR) is 68.0 cm³/mol. The number of hydrogen-bond donors (Lipinski definition) is 0. The van der Waals surface area contributed by atoms with Gasteiger partial charge in [0.05, 0.1) is 0 Å². The predicted octanol–water partition coefficient (Wildman–Crippen LogP) is 4.19. The van der Waals surface area contributed by atoms with Crippen molar-refractivity contribution in [3.05, 3.63) is 45.8 Å². The summed E-state index contributed by atoms with van der Waals surface area (Å²) in [5, 5.41) is 1.09. The van der Waals surface area contributed by atoms with Gasteiger partial charge in [0.15, 0.2) is 0 Å². The van der Waals surface area contributed by atoms with E-state index in [0.29, 0.717) is 16.8 Å². The molecule has 0 aliphatic carbocycles. The molecular weight excluding hydrogens is 259 g/mol. The molecule has 1 heterocycles. The van der Waals surface area contributed by atoms with E-state index in [2.05, 4.69) is 9.97 Å². The van der Waals surface area contributed by atoms with Gasteiger partial charge in [0.1, 0.15) is 17.2 Å². The van der Waals surface area contributed by atoms with E-state index in [-0.39, 0.29) is 0 Å². The smallest absolute Gasteiger partial charge is 0.223 e. The lowest BCUT2D eigenvalue weighted by molar-refractivity contribution is 0.461. The molecular formula is C12H10Cl2N2O. The van der Waals surface area contributed by atoms with Gasteiger partial charge < -0.3 is 4.74 Å². The maximum absolute atomic E-state index is 6.08. The van der Waals surface area contributed by atoms with Crippen LogP contribution in [-0.2, 0) is 0 Å². The Bertz CT molecular complexity index is 535. The molecule has 0 aliphatic heterocycles. The molecule has 0 N–H and O–H groups in total. The molecule has 0 atom stereocenters. The lowest BCUT2D eigenvalue weighted by atomic mass is 10.1. The fourth-order valence-electron chi connectivity index (χ4n) is 1.46. The molecule has 17 heavy (non-hydrogen) atoms. The minimum Gasteiger partial charge on any atom is -0.439 e. The van der Waals surface area contributed by atoms with Crippen molar-refractivity contribution in [3.63, 3.8) is 0 Å². The van der Waals surface area contributed by atoms with E-state index in [1.165, 1.54) is 6.33 Å². The van der Waals surface area contributed by atoms with Crippen LogP contribution in [0, 0.1) is 13.8 Å². The van der Waals surface area contributed by atoms with Crippen LogP contribution >= 0.6 is 23.2 Å². The molecule has 0 fully saturated rings. The number of ether oxygens (including phenoxy) is 1. The third kappa shape index (κ3) is 2.87. The third-order valence-corrected chi connectivity index (χ3v) is 3.04. The molecule has 0 spiro atoms. The van der Waals surface area contributed by atoms with Crippen LogP contribution in [0.2, 0.25) is 10.2 Å². The monoisotopic (exact) mass is 268 g/mol. The van der Waals surface area contributed by atoms with E-state index < -0.39 is 0 Å². The van der Waals surface area contributed by atoms with Crippen molar-refractivity contribution in [1.29, 1.82) is 0 Å². The Morgan fingerprint density at radius 2 is 1.65 bits per heavy atom. The van der Waals surface area contributed by atoms with Gasteiger partial charge in [0, 0.05) is 11.1 Å². The highest BCUT2D eigenvalue weighted by Gasteiger charge is 2.05. The van der Waals surface area contributed by atoms with Crippen molar-refractivity contribution < 1.29 is 4.74 Å². The second kappa shape index (κ2) is 4.90. The average Bonchev–Trinajstić information content (AvgIpc) is 2.26. The van der Waals surface area contributed by atoms with Gasteiger partial charge >= 0.3 is 0 Å². The summed E-state index contributed by atoms with van der Waals surface area (Å²) in [7, 11) is 0. The van der Waals surface area contributed by atoms with Crippen LogP contribution in [0.4, 0.5) is 0 Å². The lowest BCUT2D eigenvalue weighted by Crippen LogP contribution is -1.91. The van der Waals surface area contributed by atoms with Gasteiger partial charge in [0.2, 0.25) is 5.88 Å². The van der Waals surface area contributed by atoms with Crippen LogP contribution in [0.5, 0.6) is 11.6 Å². The Morgan fingerprint density at radius 3 is 2.24 bits per heavy atom. The number of halogens is 2. The van der Waals surface area contributed by atoms with Crippen LogP contribution in [-0.4, -0.2) is 9.97 Å². The first-order valence-corrected chi connectivity index (χ1v) is 5.74. The van der Waals surface area contributed by atoms with Gasteiger partial charge in [-0.1, -0.05) is 23.2 Å². The number of rotatable bonds is 2. The summed E-state index contributed by atoms with van der Waals surface area (Å²) in [6.07, 6.45) is 1.35. The standard InChI is InChI=1S/C12H10Cl2N2O/c1-7-3-9(4-8(2)12(7)14)17-11-5-10(13)15-6-16-11/h3-6H,1-2H3. The van der Waals surface area contributed by atoms with Gasteiger partial charge in [-0.15, -0.1) is 0 Å². The minimum atomic E-state index is 0.345. The molecule has 0 unspecified atom stereocenters. The number of aromatic nitrogens is 2. The highest BCUT2D eigenvalue weighted by Crippen LogP contribution is 2.28. The Labute approximate surface area is 109 Å². The summed E-state index contributed by atoms with van der Waals surface area (Å²) in [6, 6.07) is 5.26. The molecule has 0 radical (unpaired) electrons. The second-order valence-electron chi connectivity index (χ2n) is 3.65. The van der Waals surface area contributed by atoms with Crippen LogP contribution < -0.4 is 4.74 Å². The Morgan fingerprint density at radius 1 is 1.00 bits per heavy atom. The molecule has 2 aromatic rings. The Balaban J connectivity index is 2.31. The molecule has 5 heteroatoms. The number of nitrogens with zero attached hydrogens (tertiary/aromatic N) is 2. The van der Waals surface area contributed by atoms with Crippen molar-refractivity contribution in [3.8, 4) is 11.6 Å². The van der Waals surface area contributed by atoms with Crippen molar-refractivity contribution in [2.75, 3.05) is 0 Å². The molecule has 0 saturated carbocycles. The first-order valence-electron chi connectivity index (χ1n) is 4.98. The van der Waals surface area contributed by atoms with Crippen LogP contribution in [0.3, 0.4) is 0 Å². The summed E-state index contributed by atoms with van der Waals surface area (Å²) < 4.78 is 5.58. The minimum absolute atomic E-state index is 0.345. The number of hydrogen-bond acceptors (Lipinski definition) is 3. The van der Waals surface area contributed by atoms with Crippen molar-refractivity contribution in [1.82, 2.24) is 9.97 Å². The zero-order chi connectivity index (χ0) is 12.4. The Kier molecular flexibility index (Phi) is 3.50. The van der Waals surface area contributed by atoms with Gasteiger partial charge in [-0.05, 0) is 37.1 Å². The zero-order valence-corrected chi connectivity index (χ0v) is 10.9. The summed E-state index contributed by atoms with van der Waals surface area (Å²) >= 11 is 11.8. The molecule has 88 valence electrons. The molecule has 0 bridgehead atoms. The lowest BCUT2D eigenvalue weighted by Gasteiger charge is -2.08. The van der Waals surface area contributed by atoms with E-state index in [4.69, 9.17) is 27.9 Å². The molecule has 0 saturated heterocycles.